The van der Waals surface area contributed by atoms with Gasteiger partial charge in [0.05, 0.1) is 0 Å². The SMILES string of the molecule is CC.Cn1nnc2cccnc21. The predicted octanol–water partition coefficient (Wildman–Crippen LogP) is 1.39. The highest BCUT2D eigenvalue weighted by molar-refractivity contribution is 5.68. The average molecular weight is 164 g/mol. The topological polar surface area (TPSA) is 43.6 Å². The molecule has 0 aliphatic rings. The van der Waals surface area contributed by atoms with E-state index in [1.807, 2.05) is 33.0 Å². The Hall–Kier alpha value is -1.45. The Morgan fingerprint density at radius 2 is 2.08 bits per heavy atom. The van der Waals surface area contributed by atoms with E-state index in [0.29, 0.717) is 0 Å². The van der Waals surface area contributed by atoms with Crippen molar-refractivity contribution in [2.24, 2.45) is 7.05 Å². The zero-order chi connectivity index (χ0) is 8.97. The number of fused-ring (bicyclic) bond motifs is 1. The Balaban J connectivity index is 0.000000336. The van der Waals surface area contributed by atoms with Crippen molar-refractivity contribution >= 4 is 11.2 Å². The van der Waals surface area contributed by atoms with Gasteiger partial charge in [-0.15, -0.1) is 5.10 Å². The molecule has 0 N–H and O–H groups in total. The summed E-state index contributed by atoms with van der Waals surface area (Å²) in [5, 5.41) is 7.67. The molecule has 0 bridgehead atoms. The first kappa shape index (κ1) is 8.64. The lowest BCUT2D eigenvalue weighted by atomic mass is 10.4. The summed E-state index contributed by atoms with van der Waals surface area (Å²) < 4.78 is 1.65. The third-order valence-electron chi connectivity index (χ3n) is 1.36. The van der Waals surface area contributed by atoms with E-state index in [1.165, 1.54) is 0 Å². The lowest BCUT2D eigenvalue weighted by Gasteiger charge is -1.86. The maximum absolute atomic E-state index is 4.08. The van der Waals surface area contributed by atoms with Crippen LogP contribution in [0.5, 0.6) is 0 Å². The highest BCUT2D eigenvalue weighted by Crippen LogP contribution is 2.02. The molecule has 0 atom stereocenters. The summed E-state index contributed by atoms with van der Waals surface area (Å²) in [6.07, 6.45) is 1.73. The van der Waals surface area contributed by atoms with Crippen LogP contribution in [0.1, 0.15) is 13.8 Å². The summed E-state index contributed by atoms with van der Waals surface area (Å²) in [5.41, 5.74) is 1.66. The first-order valence-electron chi connectivity index (χ1n) is 3.98. The zero-order valence-corrected chi connectivity index (χ0v) is 7.52. The number of pyridine rings is 1. The number of nitrogens with zero attached hydrogens (tertiary/aromatic N) is 4. The van der Waals surface area contributed by atoms with Crippen LogP contribution < -0.4 is 0 Å². The molecule has 64 valence electrons. The van der Waals surface area contributed by atoms with E-state index in [-0.39, 0.29) is 0 Å². The minimum Gasteiger partial charge on any atom is -0.235 e. The maximum Gasteiger partial charge on any atom is 0.178 e. The first-order chi connectivity index (χ1) is 5.88. The Bertz CT molecular complexity index is 353. The van der Waals surface area contributed by atoms with E-state index in [1.54, 1.807) is 10.9 Å². The fraction of sp³-hybridized carbons (Fsp3) is 0.375. The van der Waals surface area contributed by atoms with Crippen molar-refractivity contribution in [3.63, 3.8) is 0 Å². The minimum atomic E-state index is 0.822. The van der Waals surface area contributed by atoms with Gasteiger partial charge < -0.3 is 0 Å². The molecule has 2 heterocycles. The van der Waals surface area contributed by atoms with Gasteiger partial charge in [0.2, 0.25) is 0 Å². The van der Waals surface area contributed by atoms with Gasteiger partial charge in [0.1, 0.15) is 5.52 Å². The largest absolute Gasteiger partial charge is 0.235 e. The van der Waals surface area contributed by atoms with Gasteiger partial charge in [-0.2, -0.15) is 0 Å². The van der Waals surface area contributed by atoms with Gasteiger partial charge in [-0.1, -0.05) is 19.1 Å². The van der Waals surface area contributed by atoms with Crippen LogP contribution in [0.25, 0.3) is 11.2 Å². The highest BCUT2D eigenvalue weighted by atomic mass is 15.4. The first-order valence-corrected chi connectivity index (χ1v) is 3.98. The molecule has 0 aromatic carbocycles. The molecular weight excluding hydrogens is 152 g/mol. The van der Waals surface area contributed by atoms with Crippen LogP contribution in [0.15, 0.2) is 18.3 Å². The lowest BCUT2D eigenvalue weighted by molar-refractivity contribution is 0.730. The molecule has 0 unspecified atom stereocenters. The molecule has 0 fully saturated rings. The van der Waals surface area contributed by atoms with Crippen LogP contribution in [0.3, 0.4) is 0 Å². The molecule has 2 rings (SSSR count). The quantitative estimate of drug-likeness (QED) is 0.591. The molecule has 2 aromatic heterocycles. The molecular formula is C8H12N4. The number of aryl methyl sites for hydroxylation is 1. The van der Waals surface area contributed by atoms with E-state index in [4.69, 9.17) is 0 Å². The van der Waals surface area contributed by atoms with Gasteiger partial charge in [0.25, 0.3) is 0 Å². The van der Waals surface area contributed by atoms with Crippen molar-refractivity contribution in [3.8, 4) is 0 Å². The summed E-state index contributed by atoms with van der Waals surface area (Å²) in [4.78, 5) is 4.08. The van der Waals surface area contributed by atoms with Crippen LogP contribution in [0.2, 0.25) is 0 Å². The maximum atomic E-state index is 4.08. The molecule has 0 amide bonds. The normalized spacial score (nSPS) is 9.25. The highest BCUT2D eigenvalue weighted by Gasteiger charge is 1.97. The van der Waals surface area contributed by atoms with Gasteiger partial charge in [0.15, 0.2) is 5.65 Å². The van der Waals surface area contributed by atoms with E-state index in [0.717, 1.165) is 11.2 Å². The number of hydrogen-bond donors (Lipinski definition) is 0. The smallest absolute Gasteiger partial charge is 0.178 e. The predicted molar refractivity (Wildman–Crippen MR) is 47.7 cm³/mol. The van der Waals surface area contributed by atoms with Crippen LogP contribution in [0.4, 0.5) is 0 Å². The van der Waals surface area contributed by atoms with Crippen LogP contribution in [-0.2, 0) is 7.05 Å². The summed E-state index contributed by atoms with van der Waals surface area (Å²) >= 11 is 0. The van der Waals surface area contributed by atoms with Gasteiger partial charge in [-0.25, -0.2) is 9.67 Å². The van der Waals surface area contributed by atoms with E-state index < -0.39 is 0 Å². The molecule has 0 saturated carbocycles. The standard InChI is InChI=1S/C6H6N4.C2H6/c1-10-6-5(8-9-10)3-2-4-7-6;1-2/h2-4H,1H3;1-2H3. The summed E-state index contributed by atoms with van der Waals surface area (Å²) in [7, 11) is 1.82. The summed E-state index contributed by atoms with van der Waals surface area (Å²) in [5.74, 6) is 0. The fourth-order valence-corrected chi connectivity index (χ4v) is 0.873. The molecule has 2 aromatic rings. The molecule has 4 nitrogen and oxygen atoms in total. The third-order valence-corrected chi connectivity index (χ3v) is 1.36. The number of hydrogen-bond acceptors (Lipinski definition) is 3. The number of rotatable bonds is 0. The Morgan fingerprint density at radius 3 is 2.75 bits per heavy atom. The van der Waals surface area contributed by atoms with E-state index in [9.17, 15) is 0 Å². The second-order valence-electron chi connectivity index (χ2n) is 2.06. The fourth-order valence-electron chi connectivity index (χ4n) is 0.873. The van der Waals surface area contributed by atoms with E-state index >= 15 is 0 Å². The second-order valence-corrected chi connectivity index (χ2v) is 2.06. The summed E-state index contributed by atoms with van der Waals surface area (Å²) in [6.45, 7) is 4.00. The van der Waals surface area contributed by atoms with Crippen molar-refractivity contribution in [1.82, 2.24) is 20.0 Å². The Labute approximate surface area is 71.2 Å². The minimum absolute atomic E-state index is 0.822. The van der Waals surface area contributed by atoms with Gasteiger partial charge in [0, 0.05) is 13.2 Å². The average Bonchev–Trinajstić information content (AvgIpc) is 2.53. The van der Waals surface area contributed by atoms with Crippen molar-refractivity contribution in [2.75, 3.05) is 0 Å². The van der Waals surface area contributed by atoms with Gasteiger partial charge >= 0.3 is 0 Å². The summed E-state index contributed by atoms with van der Waals surface area (Å²) in [6, 6.07) is 3.73. The Kier molecular flexibility index (Phi) is 2.74. The molecule has 0 radical (unpaired) electrons. The molecule has 12 heavy (non-hydrogen) atoms. The van der Waals surface area contributed by atoms with Gasteiger partial charge in [-0.3, -0.25) is 0 Å². The second kappa shape index (κ2) is 3.80. The lowest BCUT2D eigenvalue weighted by Crippen LogP contribution is -1.90. The molecule has 0 spiro atoms. The van der Waals surface area contributed by atoms with E-state index in [2.05, 4.69) is 15.3 Å². The van der Waals surface area contributed by atoms with Crippen molar-refractivity contribution in [2.45, 2.75) is 13.8 Å². The Morgan fingerprint density at radius 1 is 1.33 bits per heavy atom. The van der Waals surface area contributed by atoms with Crippen molar-refractivity contribution < 1.29 is 0 Å². The monoisotopic (exact) mass is 164 g/mol. The van der Waals surface area contributed by atoms with Crippen LogP contribution in [0, 0.1) is 0 Å². The molecule has 0 aliphatic carbocycles. The van der Waals surface area contributed by atoms with Crippen LogP contribution >= 0.6 is 0 Å². The van der Waals surface area contributed by atoms with Gasteiger partial charge in [-0.05, 0) is 12.1 Å². The molecule has 4 heteroatoms. The van der Waals surface area contributed by atoms with Crippen molar-refractivity contribution in [3.05, 3.63) is 18.3 Å². The zero-order valence-electron chi connectivity index (χ0n) is 7.52. The van der Waals surface area contributed by atoms with Crippen LogP contribution in [-0.4, -0.2) is 20.0 Å². The third kappa shape index (κ3) is 1.42. The number of aromatic nitrogens is 4. The molecule has 0 saturated heterocycles. The molecule has 0 aliphatic heterocycles. The van der Waals surface area contributed by atoms with Crippen molar-refractivity contribution in [1.29, 1.82) is 0 Å².